The molecule has 7 heavy (non-hydrogen) atoms. The van der Waals surface area contributed by atoms with Crippen molar-refractivity contribution in [1.82, 2.24) is 10.2 Å². The SMILES string of the molecule is CN/C=C/N(C)C. The third-order valence-corrected chi connectivity index (χ3v) is 0.539. The Hall–Kier alpha value is -0.660. The molecule has 0 saturated heterocycles. The third kappa shape index (κ3) is 5.34. The van der Waals surface area contributed by atoms with E-state index in [0.29, 0.717) is 0 Å². The summed E-state index contributed by atoms with van der Waals surface area (Å²) in [5.74, 6) is 0. The van der Waals surface area contributed by atoms with Gasteiger partial charge in [0.05, 0.1) is 0 Å². The summed E-state index contributed by atoms with van der Waals surface area (Å²) in [6.45, 7) is 0. The van der Waals surface area contributed by atoms with Gasteiger partial charge in [-0.25, -0.2) is 0 Å². The molecule has 0 aliphatic rings. The van der Waals surface area contributed by atoms with Gasteiger partial charge in [0.25, 0.3) is 0 Å². The first-order valence-electron chi connectivity index (χ1n) is 2.27. The first-order valence-corrected chi connectivity index (χ1v) is 2.27. The van der Waals surface area contributed by atoms with Crippen molar-refractivity contribution in [3.63, 3.8) is 0 Å². The summed E-state index contributed by atoms with van der Waals surface area (Å²) in [5.41, 5.74) is 0. The van der Waals surface area contributed by atoms with E-state index < -0.39 is 0 Å². The molecular weight excluding hydrogens is 88.1 g/mol. The van der Waals surface area contributed by atoms with Gasteiger partial charge in [0.1, 0.15) is 0 Å². The largest absolute Gasteiger partial charge is 0.393 e. The Balaban J connectivity index is 3.08. The van der Waals surface area contributed by atoms with Crippen LogP contribution in [0.5, 0.6) is 0 Å². The minimum Gasteiger partial charge on any atom is -0.393 e. The molecule has 42 valence electrons. The molecule has 0 saturated carbocycles. The van der Waals surface area contributed by atoms with Crippen LogP contribution in [0.15, 0.2) is 12.4 Å². The summed E-state index contributed by atoms with van der Waals surface area (Å²) in [6, 6.07) is 0. The Kier molecular flexibility index (Phi) is 3.19. The summed E-state index contributed by atoms with van der Waals surface area (Å²) in [5, 5.41) is 2.88. The lowest BCUT2D eigenvalue weighted by atomic mass is 10.8. The van der Waals surface area contributed by atoms with Gasteiger partial charge in [-0.1, -0.05) is 0 Å². The normalized spacial score (nSPS) is 9.57. The summed E-state index contributed by atoms with van der Waals surface area (Å²) in [7, 11) is 5.84. The molecule has 0 radical (unpaired) electrons. The molecule has 0 bridgehead atoms. The van der Waals surface area contributed by atoms with Crippen molar-refractivity contribution < 1.29 is 0 Å². The quantitative estimate of drug-likeness (QED) is 0.534. The van der Waals surface area contributed by atoms with E-state index in [4.69, 9.17) is 0 Å². The molecule has 0 unspecified atom stereocenters. The third-order valence-electron chi connectivity index (χ3n) is 0.539. The Labute approximate surface area is 44.8 Å². The second-order valence-corrected chi connectivity index (χ2v) is 1.57. The standard InChI is InChI=1S/C5H12N2/c1-6-4-5-7(2)3/h4-6H,1-3H3/b5-4+. The zero-order chi connectivity index (χ0) is 5.70. The molecule has 0 aromatic rings. The highest BCUT2D eigenvalue weighted by Gasteiger charge is 1.68. The number of nitrogens with one attached hydrogen (secondary N) is 1. The van der Waals surface area contributed by atoms with Gasteiger partial charge in [0.15, 0.2) is 0 Å². The summed E-state index contributed by atoms with van der Waals surface area (Å²) >= 11 is 0. The first kappa shape index (κ1) is 6.34. The molecule has 0 amide bonds. The maximum absolute atomic E-state index is 2.88. The fourth-order valence-corrected chi connectivity index (χ4v) is 0.224. The fraction of sp³-hybridized carbons (Fsp3) is 0.600. The van der Waals surface area contributed by atoms with Crippen molar-refractivity contribution in [1.29, 1.82) is 0 Å². The Bertz CT molecular complexity index is 57.1. The predicted octanol–water partition coefficient (Wildman–Crippen LogP) is 0.239. The van der Waals surface area contributed by atoms with Crippen molar-refractivity contribution in [2.24, 2.45) is 0 Å². The van der Waals surface area contributed by atoms with E-state index in [-0.39, 0.29) is 0 Å². The van der Waals surface area contributed by atoms with Crippen LogP contribution in [-0.2, 0) is 0 Å². The van der Waals surface area contributed by atoms with Crippen LogP contribution in [0.25, 0.3) is 0 Å². The van der Waals surface area contributed by atoms with Gasteiger partial charge in [-0.05, 0) is 0 Å². The second kappa shape index (κ2) is 3.53. The lowest BCUT2D eigenvalue weighted by Gasteiger charge is -2.01. The van der Waals surface area contributed by atoms with Gasteiger partial charge in [-0.2, -0.15) is 0 Å². The maximum atomic E-state index is 2.88. The van der Waals surface area contributed by atoms with Gasteiger partial charge in [-0.15, -0.1) is 0 Å². The molecule has 2 heteroatoms. The minimum atomic E-state index is 1.88. The van der Waals surface area contributed by atoms with Crippen molar-refractivity contribution in [3.05, 3.63) is 12.4 Å². The summed E-state index contributed by atoms with van der Waals surface area (Å²) in [6.07, 6.45) is 3.82. The van der Waals surface area contributed by atoms with E-state index in [9.17, 15) is 0 Å². The van der Waals surface area contributed by atoms with Crippen LogP contribution in [0.4, 0.5) is 0 Å². The predicted molar refractivity (Wildman–Crippen MR) is 31.9 cm³/mol. The molecule has 0 aliphatic heterocycles. The topological polar surface area (TPSA) is 15.3 Å². The Morgan fingerprint density at radius 1 is 1.43 bits per heavy atom. The highest BCUT2D eigenvalue weighted by atomic mass is 15.0. The average Bonchev–Trinajstić information content (AvgIpc) is 1.61. The Morgan fingerprint density at radius 2 is 2.00 bits per heavy atom. The molecule has 0 fully saturated rings. The van der Waals surface area contributed by atoms with Crippen LogP contribution in [0, 0.1) is 0 Å². The molecule has 0 aromatic heterocycles. The first-order chi connectivity index (χ1) is 3.27. The van der Waals surface area contributed by atoms with E-state index in [1.54, 1.807) is 0 Å². The minimum absolute atomic E-state index is 1.88. The van der Waals surface area contributed by atoms with Crippen LogP contribution < -0.4 is 5.32 Å². The Morgan fingerprint density at radius 3 is 2.14 bits per heavy atom. The molecule has 0 spiro atoms. The van der Waals surface area contributed by atoms with Crippen molar-refractivity contribution in [3.8, 4) is 0 Å². The van der Waals surface area contributed by atoms with E-state index in [1.165, 1.54) is 0 Å². The molecule has 0 heterocycles. The smallest absolute Gasteiger partial charge is 0.0145 e. The van der Waals surface area contributed by atoms with Gasteiger partial charge in [0.2, 0.25) is 0 Å². The van der Waals surface area contributed by atoms with Gasteiger partial charge in [-0.3, -0.25) is 0 Å². The zero-order valence-corrected chi connectivity index (χ0v) is 5.10. The van der Waals surface area contributed by atoms with E-state index >= 15 is 0 Å². The van der Waals surface area contributed by atoms with Crippen molar-refractivity contribution in [2.75, 3.05) is 21.1 Å². The van der Waals surface area contributed by atoms with Crippen LogP contribution in [0.1, 0.15) is 0 Å². The molecule has 1 N–H and O–H groups in total. The fourth-order valence-electron chi connectivity index (χ4n) is 0.224. The number of hydrogen-bond donors (Lipinski definition) is 1. The van der Waals surface area contributed by atoms with Crippen LogP contribution in [-0.4, -0.2) is 26.0 Å². The molecule has 0 rings (SSSR count). The average molecular weight is 100 g/mol. The van der Waals surface area contributed by atoms with E-state index in [2.05, 4.69) is 5.32 Å². The molecule has 0 aromatic carbocycles. The van der Waals surface area contributed by atoms with Crippen molar-refractivity contribution in [2.45, 2.75) is 0 Å². The van der Waals surface area contributed by atoms with Gasteiger partial charge in [0, 0.05) is 33.5 Å². The van der Waals surface area contributed by atoms with Crippen LogP contribution in [0.3, 0.4) is 0 Å². The molecule has 0 atom stereocenters. The maximum Gasteiger partial charge on any atom is 0.0145 e. The lowest BCUT2D eigenvalue weighted by Crippen LogP contribution is -2.03. The van der Waals surface area contributed by atoms with E-state index in [0.717, 1.165) is 0 Å². The second-order valence-electron chi connectivity index (χ2n) is 1.57. The van der Waals surface area contributed by atoms with Gasteiger partial charge < -0.3 is 10.2 Å². The summed E-state index contributed by atoms with van der Waals surface area (Å²) in [4.78, 5) is 1.97. The van der Waals surface area contributed by atoms with Crippen molar-refractivity contribution >= 4 is 0 Å². The van der Waals surface area contributed by atoms with Gasteiger partial charge >= 0.3 is 0 Å². The number of rotatable bonds is 2. The zero-order valence-electron chi connectivity index (χ0n) is 5.10. The highest BCUT2D eigenvalue weighted by Crippen LogP contribution is 1.70. The molecule has 0 aliphatic carbocycles. The lowest BCUT2D eigenvalue weighted by molar-refractivity contribution is 0.560. The highest BCUT2D eigenvalue weighted by molar-refractivity contribution is 4.73. The monoisotopic (exact) mass is 100 g/mol. The number of nitrogens with zero attached hydrogens (tertiary/aromatic N) is 1. The van der Waals surface area contributed by atoms with E-state index in [1.807, 2.05) is 38.4 Å². The van der Waals surface area contributed by atoms with Crippen LogP contribution >= 0.6 is 0 Å². The molecular formula is C5H12N2. The van der Waals surface area contributed by atoms with Crippen LogP contribution in [0.2, 0.25) is 0 Å². The summed E-state index contributed by atoms with van der Waals surface area (Å²) < 4.78 is 0. The molecule has 2 nitrogen and oxygen atoms in total. The number of hydrogen-bond acceptors (Lipinski definition) is 2.